The van der Waals surface area contributed by atoms with E-state index in [1.54, 1.807) is 24.3 Å². The van der Waals surface area contributed by atoms with Gasteiger partial charge < -0.3 is 21.9 Å². The van der Waals surface area contributed by atoms with Crippen LogP contribution in [0.25, 0.3) is 0 Å². The monoisotopic (exact) mass is 368 g/mol. The first-order chi connectivity index (χ1) is 12.9. The molecule has 2 aromatic rings. The molecular formula is C20H24N4O3. The molecular weight excluding hydrogens is 344 g/mol. The summed E-state index contributed by atoms with van der Waals surface area (Å²) in [6.07, 6.45) is 0.859. The van der Waals surface area contributed by atoms with E-state index in [1.165, 1.54) is 0 Å². The van der Waals surface area contributed by atoms with Crippen molar-refractivity contribution in [1.29, 1.82) is 0 Å². The Morgan fingerprint density at radius 1 is 1.15 bits per heavy atom. The second kappa shape index (κ2) is 9.38. The van der Waals surface area contributed by atoms with Gasteiger partial charge in [0.25, 0.3) is 0 Å². The van der Waals surface area contributed by atoms with Gasteiger partial charge in [0.15, 0.2) is 11.7 Å². The molecule has 2 rings (SSSR count). The molecule has 0 spiro atoms. The molecule has 0 fully saturated rings. The van der Waals surface area contributed by atoms with Crippen molar-refractivity contribution in [1.82, 2.24) is 0 Å². The summed E-state index contributed by atoms with van der Waals surface area (Å²) in [5, 5.41) is 12.1. The second-order valence-electron chi connectivity index (χ2n) is 6.19. The van der Waals surface area contributed by atoms with Crippen molar-refractivity contribution in [2.45, 2.75) is 25.7 Å². The molecule has 2 aromatic carbocycles. The maximum atomic E-state index is 12.4. The van der Waals surface area contributed by atoms with Crippen LogP contribution < -0.4 is 16.8 Å². The van der Waals surface area contributed by atoms with Gasteiger partial charge in [-0.15, -0.1) is 0 Å². The molecule has 0 saturated carbocycles. The molecule has 1 atom stereocenters. The largest absolute Gasteiger partial charge is 0.481 e. The van der Waals surface area contributed by atoms with Gasteiger partial charge in [-0.2, -0.15) is 0 Å². The number of carbonyl (C=O) groups excluding carboxylic acids is 1. The topological polar surface area (TPSA) is 131 Å². The van der Waals surface area contributed by atoms with Gasteiger partial charge in [-0.3, -0.25) is 9.59 Å². The Morgan fingerprint density at radius 2 is 1.85 bits per heavy atom. The molecule has 1 unspecified atom stereocenters. The van der Waals surface area contributed by atoms with Crippen LogP contribution in [-0.4, -0.2) is 29.4 Å². The quantitative estimate of drug-likeness (QED) is 0.306. The fourth-order valence-corrected chi connectivity index (χ4v) is 2.76. The van der Waals surface area contributed by atoms with Gasteiger partial charge in [-0.05, 0) is 42.2 Å². The molecule has 7 heteroatoms. The maximum absolute atomic E-state index is 12.4. The van der Waals surface area contributed by atoms with E-state index in [1.807, 2.05) is 31.2 Å². The van der Waals surface area contributed by atoms with Crippen molar-refractivity contribution in [3.05, 3.63) is 59.7 Å². The van der Waals surface area contributed by atoms with E-state index in [4.69, 9.17) is 16.6 Å². The SMILES string of the molecule is CCC(CC(=O)O)c1ccc(NCC(=O)c2cccc(N=C(N)N)c2)cc1. The highest BCUT2D eigenvalue weighted by molar-refractivity contribution is 5.99. The van der Waals surface area contributed by atoms with E-state index >= 15 is 0 Å². The molecule has 0 bridgehead atoms. The number of rotatable bonds is 9. The number of nitrogens with one attached hydrogen (secondary N) is 1. The van der Waals surface area contributed by atoms with E-state index in [2.05, 4.69) is 10.3 Å². The van der Waals surface area contributed by atoms with E-state index < -0.39 is 5.97 Å². The van der Waals surface area contributed by atoms with Gasteiger partial charge >= 0.3 is 5.97 Å². The fraction of sp³-hybridized carbons (Fsp3) is 0.250. The highest BCUT2D eigenvalue weighted by Gasteiger charge is 2.13. The van der Waals surface area contributed by atoms with Gasteiger partial charge in [0.1, 0.15) is 0 Å². The summed E-state index contributed by atoms with van der Waals surface area (Å²) in [5.74, 6) is -0.982. The number of benzene rings is 2. The van der Waals surface area contributed by atoms with Crippen LogP contribution in [0.3, 0.4) is 0 Å². The van der Waals surface area contributed by atoms with Crippen LogP contribution in [0.5, 0.6) is 0 Å². The number of aliphatic imine (C=N–C) groups is 1. The normalized spacial score (nSPS) is 11.4. The number of aliphatic carboxylic acids is 1. The van der Waals surface area contributed by atoms with Crippen LogP contribution in [0, 0.1) is 0 Å². The second-order valence-corrected chi connectivity index (χ2v) is 6.19. The molecule has 0 amide bonds. The van der Waals surface area contributed by atoms with Gasteiger partial charge in [0.05, 0.1) is 18.7 Å². The zero-order valence-corrected chi connectivity index (χ0v) is 15.2. The lowest BCUT2D eigenvalue weighted by Crippen LogP contribution is -2.22. The fourth-order valence-electron chi connectivity index (χ4n) is 2.76. The molecule has 0 aromatic heterocycles. The number of nitrogens with two attached hydrogens (primary N) is 2. The molecule has 6 N–H and O–H groups in total. The Balaban J connectivity index is 1.99. The number of Topliss-reactive ketones (excluding diaryl/α,β-unsaturated/α-hetero) is 1. The molecule has 27 heavy (non-hydrogen) atoms. The third-order valence-electron chi connectivity index (χ3n) is 4.18. The van der Waals surface area contributed by atoms with Crippen LogP contribution >= 0.6 is 0 Å². The third kappa shape index (κ3) is 6.14. The average molecular weight is 368 g/mol. The van der Waals surface area contributed by atoms with Gasteiger partial charge in [-0.25, -0.2) is 4.99 Å². The number of hydrogen-bond acceptors (Lipinski definition) is 4. The van der Waals surface area contributed by atoms with E-state index in [9.17, 15) is 9.59 Å². The molecule has 0 radical (unpaired) electrons. The molecule has 0 aliphatic rings. The number of carboxylic acid groups (broad SMARTS) is 1. The summed E-state index contributed by atoms with van der Waals surface area (Å²) in [4.78, 5) is 27.2. The summed E-state index contributed by atoms with van der Waals surface area (Å²) in [6, 6.07) is 14.3. The first kappa shape index (κ1) is 20.0. The van der Waals surface area contributed by atoms with Crippen LogP contribution in [0.1, 0.15) is 41.6 Å². The Labute approximate surface area is 158 Å². The molecule has 142 valence electrons. The van der Waals surface area contributed by atoms with Gasteiger partial charge in [0, 0.05) is 11.3 Å². The number of hydrogen-bond donors (Lipinski definition) is 4. The lowest BCUT2D eigenvalue weighted by Gasteiger charge is -2.14. The first-order valence-corrected chi connectivity index (χ1v) is 8.67. The van der Waals surface area contributed by atoms with E-state index in [0.29, 0.717) is 11.3 Å². The van der Waals surface area contributed by atoms with Crippen molar-refractivity contribution in [3.63, 3.8) is 0 Å². The Bertz CT molecular complexity index is 827. The molecule has 0 aliphatic heterocycles. The highest BCUT2D eigenvalue weighted by atomic mass is 16.4. The Kier molecular flexibility index (Phi) is 6.93. The minimum atomic E-state index is -0.808. The Morgan fingerprint density at radius 3 is 2.44 bits per heavy atom. The van der Waals surface area contributed by atoms with E-state index in [-0.39, 0.29) is 30.6 Å². The van der Waals surface area contributed by atoms with Crippen LogP contribution in [-0.2, 0) is 4.79 Å². The van der Waals surface area contributed by atoms with E-state index in [0.717, 1.165) is 17.7 Å². The Hall–Kier alpha value is -3.35. The van der Waals surface area contributed by atoms with Crippen LogP contribution in [0.4, 0.5) is 11.4 Å². The molecule has 0 saturated heterocycles. The predicted octanol–water partition coefficient (Wildman–Crippen LogP) is 2.85. The zero-order chi connectivity index (χ0) is 19.8. The number of anilines is 1. The average Bonchev–Trinajstić information content (AvgIpc) is 2.64. The van der Waals surface area contributed by atoms with Gasteiger partial charge in [0.2, 0.25) is 0 Å². The highest BCUT2D eigenvalue weighted by Crippen LogP contribution is 2.24. The number of ketones is 1. The van der Waals surface area contributed by atoms with Crippen LogP contribution in [0.15, 0.2) is 53.5 Å². The van der Waals surface area contributed by atoms with Crippen molar-refractivity contribution in [3.8, 4) is 0 Å². The van der Waals surface area contributed by atoms with Crippen LogP contribution in [0.2, 0.25) is 0 Å². The number of nitrogens with zero attached hydrogens (tertiary/aromatic N) is 1. The summed E-state index contributed by atoms with van der Waals surface area (Å²) in [7, 11) is 0. The first-order valence-electron chi connectivity index (χ1n) is 8.67. The standard InChI is InChI=1S/C20H24N4O3/c1-2-13(11-19(26)27)14-6-8-16(9-7-14)23-12-18(25)15-4-3-5-17(10-15)24-20(21)22/h3-10,13,23H,2,11-12H2,1H3,(H,26,27)(H4,21,22,24). The minimum absolute atomic E-state index is 0.0172. The smallest absolute Gasteiger partial charge is 0.303 e. The minimum Gasteiger partial charge on any atom is -0.481 e. The summed E-state index contributed by atoms with van der Waals surface area (Å²) >= 11 is 0. The van der Waals surface area contributed by atoms with Crippen molar-refractivity contribution in [2.24, 2.45) is 16.5 Å². The summed E-state index contributed by atoms with van der Waals surface area (Å²) in [5.41, 5.74) is 13.5. The number of guanidine groups is 1. The summed E-state index contributed by atoms with van der Waals surface area (Å²) in [6.45, 7) is 2.09. The third-order valence-corrected chi connectivity index (χ3v) is 4.18. The molecule has 7 nitrogen and oxygen atoms in total. The van der Waals surface area contributed by atoms with Crippen molar-refractivity contribution < 1.29 is 14.7 Å². The van der Waals surface area contributed by atoms with Crippen molar-refractivity contribution in [2.75, 3.05) is 11.9 Å². The number of carbonyl (C=O) groups is 2. The summed E-state index contributed by atoms with van der Waals surface area (Å²) < 4.78 is 0. The maximum Gasteiger partial charge on any atom is 0.303 e. The lowest BCUT2D eigenvalue weighted by atomic mass is 9.93. The predicted molar refractivity (Wildman–Crippen MR) is 106 cm³/mol. The molecule has 0 aliphatic carbocycles. The van der Waals surface area contributed by atoms with Gasteiger partial charge in [-0.1, -0.05) is 31.2 Å². The van der Waals surface area contributed by atoms with Crippen molar-refractivity contribution >= 4 is 29.1 Å². The zero-order valence-electron chi connectivity index (χ0n) is 15.2. The molecule has 0 heterocycles. The lowest BCUT2D eigenvalue weighted by molar-refractivity contribution is -0.137. The number of carboxylic acids is 1.